The second-order valence-electron chi connectivity index (χ2n) is 9.35. The number of hydrogen-bond donors (Lipinski definition) is 0. The lowest BCUT2D eigenvalue weighted by atomic mass is 9.69. The van der Waals surface area contributed by atoms with Gasteiger partial charge >= 0.3 is 0 Å². The quantitative estimate of drug-likeness (QED) is 0.229. The van der Waals surface area contributed by atoms with Crippen LogP contribution in [0.15, 0.2) is 0 Å². The molecule has 2 unspecified atom stereocenters. The highest BCUT2D eigenvalue weighted by atomic mass is 16.5. The van der Waals surface area contributed by atoms with E-state index >= 15 is 0 Å². The van der Waals surface area contributed by atoms with E-state index in [1.54, 1.807) is 0 Å². The Morgan fingerprint density at radius 2 is 1.24 bits per heavy atom. The van der Waals surface area contributed by atoms with E-state index in [4.69, 9.17) is 11.2 Å². The van der Waals surface area contributed by atoms with Gasteiger partial charge in [0, 0.05) is 0 Å². The molecular formula is C24H46O. The van der Waals surface area contributed by atoms with Crippen molar-refractivity contribution >= 4 is 0 Å². The second-order valence-corrected chi connectivity index (χ2v) is 9.35. The normalized spacial score (nSPS) is 15.0. The topological polar surface area (TPSA) is 9.23 Å². The van der Waals surface area contributed by atoms with Crippen molar-refractivity contribution in [3.8, 4) is 12.3 Å². The van der Waals surface area contributed by atoms with Gasteiger partial charge in [-0.25, -0.2) is 0 Å². The van der Waals surface area contributed by atoms with Crippen molar-refractivity contribution in [1.29, 1.82) is 0 Å². The monoisotopic (exact) mass is 350 g/mol. The van der Waals surface area contributed by atoms with Crippen LogP contribution in [0.3, 0.4) is 0 Å². The highest BCUT2D eigenvalue weighted by molar-refractivity contribution is 4.98. The fourth-order valence-corrected chi connectivity index (χ4v) is 4.16. The van der Waals surface area contributed by atoms with Gasteiger partial charge in [0.15, 0.2) is 0 Å². The Kier molecular flexibility index (Phi) is 12.6. The van der Waals surface area contributed by atoms with Crippen LogP contribution < -0.4 is 0 Å². The average molecular weight is 351 g/mol. The molecule has 2 atom stereocenters. The van der Waals surface area contributed by atoms with E-state index in [2.05, 4.69) is 54.4 Å². The third-order valence-electron chi connectivity index (χ3n) is 5.43. The molecule has 0 bridgehead atoms. The first-order valence-corrected chi connectivity index (χ1v) is 10.8. The van der Waals surface area contributed by atoms with E-state index in [-0.39, 0.29) is 17.1 Å². The van der Waals surface area contributed by atoms with Gasteiger partial charge in [0.05, 0.1) is 5.60 Å². The van der Waals surface area contributed by atoms with Crippen molar-refractivity contribution in [3.63, 3.8) is 0 Å². The third kappa shape index (κ3) is 11.0. The molecule has 0 heterocycles. The number of ether oxygens (including phenoxy) is 1. The highest BCUT2D eigenvalue weighted by Gasteiger charge is 2.39. The third-order valence-corrected chi connectivity index (χ3v) is 5.43. The Morgan fingerprint density at radius 3 is 1.76 bits per heavy atom. The Bertz CT molecular complexity index is 355. The molecule has 0 fully saturated rings. The van der Waals surface area contributed by atoms with Crippen molar-refractivity contribution in [1.82, 2.24) is 0 Å². The van der Waals surface area contributed by atoms with E-state index in [0.29, 0.717) is 5.92 Å². The highest BCUT2D eigenvalue weighted by Crippen LogP contribution is 2.41. The minimum Gasteiger partial charge on any atom is -0.359 e. The molecule has 0 aromatic heterocycles. The minimum atomic E-state index is -0.176. The molecule has 1 nitrogen and oxygen atoms in total. The number of terminal acetylenes is 1. The summed E-state index contributed by atoms with van der Waals surface area (Å²) in [5.41, 5.74) is 0.0560. The molecular weight excluding hydrogens is 304 g/mol. The van der Waals surface area contributed by atoms with Crippen molar-refractivity contribution in [2.24, 2.45) is 11.3 Å². The van der Waals surface area contributed by atoms with Crippen LogP contribution in [0, 0.1) is 23.7 Å². The van der Waals surface area contributed by atoms with Crippen LogP contribution in [0.25, 0.3) is 0 Å². The number of hydrogen-bond acceptors (Lipinski definition) is 1. The molecule has 0 amide bonds. The molecule has 0 aromatic carbocycles. The second kappa shape index (κ2) is 12.8. The van der Waals surface area contributed by atoms with Crippen molar-refractivity contribution in [2.45, 2.75) is 131 Å². The SMILES string of the molecule is C#CC(CCCCC)OC(C)(C)C(CCCCCCCC)C(C)(C)C. The lowest BCUT2D eigenvalue weighted by molar-refractivity contribution is -0.117. The molecule has 1 heteroatoms. The lowest BCUT2D eigenvalue weighted by Gasteiger charge is -2.44. The molecule has 0 aliphatic heterocycles. The van der Waals surface area contributed by atoms with Crippen LogP contribution in [-0.2, 0) is 4.74 Å². The molecule has 0 radical (unpaired) electrons. The van der Waals surface area contributed by atoms with Crippen LogP contribution in [-0.4, -0.2) is 11.7 Å². The van der Waals surface area contributed by atoms with Gasteiger partial charge in [-0.15, -0.1) is 6.42 Å². The summed E-state index contributed by atoms with van der Waals surface area (Å²) in [5, 5.41) is 0. The fourth-order valence-electron chi connectivity index (χ4n) is 4.16. The van der Waals surface area contributed by atoms with E-state index in [1.807, 2.05) is 0 Å². The molecule has 0 saturated carbocycles. The summed E-state index contributed by atoms with van der Waals surface area (Å²) in [7, 11) is 0. The predicted molar refractivity (Wildman–Crippen MR) is 113 cm³/mol. The van der Waals surface area contributed by atoms with Crippen molar-refractivity contribution in [2.75, 3.05) is 0 Å². The standard InChI is InChI=1S/C24H46O/c1-9-12-14-15-16-18-20-22(23(4,5)6)24(7,8)25-21(11-3)19-17-13-10-2/h3,21-22H,9-10,12-20H2,1-2,4-8H3. The van der Waals surface area contributed by atoms with Gasteiger partial charge in [0.2, 0.25) is 0 Å². The predicted octanol–water partition coefficient (Wildman–Crippen LogP) is 7.78. The zero-order valence-electron chi connectivity index (χ0n) is 18.4. The molecule has 0 saturated heterocycles. The number of unbranched alkanes of at least 4 members (excludes halogenated alkanes) is 7. The Labute approximate surface area is 159 Å². The first kappa shape index (κ1) is 24.5. The molecule has 0 rings (SSSR count). The average Bonchev–Trinajstić information content (AvgIpc) is 2.51. The Morgan fingerprint density at radius 1 is 0.760 bits per heavy atom. The van der Waals surface area contributed by atoms with Crippen LogP contribution >= 0.6 is 0 Å². The maximum atomic E-state index is 6.48. The largest absolute Gasteiger partial charge is 0.359 e. The summed E-state index contributed by atoms with van der Waals surface area (Å²) in [6.45, 7) is 16.1. The van der Waals surface area contributed by atoms with Gasteiger partial charge in [-0.3, -0.25) is 0 Å². The van der Waals surface area contributed by atoms with E-state index < -0.39 is 0 Å². The Balaban J connectivity index is 4.67. The molecule has 0 aliphatic rings. The molecule has 0 aromatic rings. The first-order valence-electron chi connectivity index (χ1n) is 10.8. The van der Waals surface area contributed by atoms with E-state index in [1.165, 1.54) is 64.2 Å². The van der Waals surface area contributed by atoms with Gasteiger partial charge < -0.3 is 4.74 Å². The van der Waals surface area contributed by atoms with Crippen LogP contribution in [0.1, 0.15) is 119 Å². The first-order chi connectivity index (χ1) is 11.7. The number of rotatable bonds is 14. The van der Waals surface area contributed by atoms with Gasteiger partial charge in [-0.1, -0.05) is 91.9 Å². The zero-order chi connectivity index (χ0) is 19.3. The van der Waals surface area contributed by atoms with E-state index in [0.717, 1.165) is 6.42 Å². The maximum Gasteiger partial charge on any atom is 0.118 e. The van der Waals surface area contributed by atoms with Crippen molar-refractivity contribution in [3.05, 3.63) is 0 Å². The molecule has 148 valence electrons. The molecule has 0 aliphatic carbocycles. The van der Waals surface area contributed by atoms with Gasteiger partial charge in [-0.2, -0.15) is 0 Å². The van der Waals surface area contributed by atoms with Crippen LogP contribution in [0.2, 0.25) is 0 Å². The van der Waals surface area contributed by atoms with E-state index in [9.17, 15) is 0 Å². The summed E-state index contributed by atoms with van der Waals surface area (Å²) in [6, 6.07) is 0. The van der Waals surface area contributed by atoms with Crippen molar-refractivity contribution < 1.29 is 4.74 Å². The summed E-state index contributed by atoms with van der Waals surface area (Å²) in [6.07, 6.45) is 19.7. The van der Waals surface area contributed by atoms with Gasteiger partial charge in [-0.05, 0) is 44.4 Å². The van der Waals surface area contributed by atoms with Gasteiger partial charge in [0.1, 0.15) is 6.10 Å². The summed E-state index contributed by atoms with van der Waals surface area (Å²) < 4.78 is 6.48. The van der Waals surface area contributed by atoms with Crippen LogP contribution in [0.5, 0.6) is 0 Å². The van der Waals surface area contributed by atoms with Crippen LogP contribution in [0.4, 0.5) is 0 Å². The summed E-state index contributed by atoms with van der Waals surface area (Å²) in [5.74, 6) is 3.41. The molecule has 25 heavy (non-hydrogen) atoms. The summed E-state index contributed by atoms with van der Waals surface area (Å²) >= 11 is 0. The molecule has 0 N–H and O–H groups in total. The maximum absolute atomic E-state index is 6.48. The smallest absolute Gasteiger partial charge is 0.118 e. The molecule has 0 spiro atoms. The Hall–Kier alpha value is -0.480. The van der Waals surface area contributed by atoms with Gasteiger partial charge in [0.25, 0.3) is 0 Å². The zero-order valence-corrected chi connectivity index (χ0v) is 18.4. The summed E-state index contributed by atoms with van der Waals surface area (Å²) in [4.78, 5) is 0. The minimum absolute atomic E-state index is 0.0454. The lowest BCUT2D eigenvalue weighted by Crippen LogP contribution is -2.44. The fraction of sp³-hybridized carbons (Fsp3) is 0.917.